The maximum Gasteiger partial charge on any atom is 0.309 e. The van der Waals surface area contributed by atoms with E-state index in [0.717, 1.165) is 36.9 Å². The topological polar surface area (TPSA) is 75.7 Å². The molecule has 0 aliphatic heterocycles. The largest absolute Gasteiger partial charge is 0.455 e. The first-order valence-electron chi connectivity index (χ1n) is 10.3. The summed E-state index contributed by atoms with van der Waals surface area (Å²) in [6, 6.07) is 7.51. The Morgan fingerprint density at radius 2 is 1.96 bits per heavy atom. The summed E-state index contributed by atoms with van der Waals surface area (Å²) in [5.41, 5.74) is 1.70. The van der Waals surface area contributed by atoms with Gasteiger partial charge < -0.3 is 15.0 Å². The van der Waals surface area contributed by atoms with E-state index in [0.29, 0.717) is 18.4 Å². The number of nitrogens with one attached hydrogen (secondary N) is 1. The van der Waals surface area contributed by atoms with E-state index in [2.05, 4.69) is 5.32 Å². The van der Waals surface area contributed by atoms with Gasteiger partial charge in [0.05, 0.1) is 12.5 Å². The summed E-state index contributed by atoms with van der Waals surface area (Å²) in [4.78, 5) is 38.7. The first-order chi connectivity index (χ1) is 13.5. The van der Waals surface area contributed by atoms with Crippen LogP contribution in [0.5, 0.6) is 0 Å². The van der Waals surface area contributed by atoms with Crippen molar-refractivity contribution in [1.82, 2.24) is 4.90 Å². The number of ether oxygens (including phenoxy) is 1. The molecule has 0 saturated heterocycles. The van der Waals surface area contributed by atoms with Crippen molar-refractivity contribution in [2.24, 2.45) is 17.8 Å². The van der Waals surface area contributed by atoms with Crippen LogP contribution >= 0.6 is 0 Å². The van der Waals surface area contributed by atoms with Gasteiger partial charge in [-0.1, -0.05) is 31.5 Å². The smallest absolute Gasteiger partial charge is 0.309 e. The Hall–Kier alpha value is -2.37. The molecule has 2 saturated carbocycles. The lowest BCUT2D eigenvalue weighted by molar-refractivity contribution is -0.157. The molecule has 1 aromatic carbocycles. The Morgan fingerprint density at radius 1 is 1.18 bits per heavy atom. The Kier molecular flexibility index (Phi) is 6.70. The number of carbonyl (C=O) groups is 3. The van der Waals surface area contributed by atoms with Gasteiger partial charge in [-0.05, 0) is 56.1 Å². The molecule has 6 nitrogen and oxygen atoms in total. The van der Waals surface area contributed by atoms with Crippen LogP contribution in [0.15, 0.2) is 24.3 Å². The van der Waals surface area contributed by atoms with Gasteiger partial charge in [-0.25, -0.2) is 0 Å². The summed E-state index contributed by atoms with van der Waals surface area (Å²) < 4.78 is 5.32. The summed E-state index contributed by atoms with van der Waals surface area (Å²) in [6.07, 6.45) is 5.06. The number of amides is 2. The maximum absolute atomic E-state index is 12.5. The predicted molar refractivity (Wildman–Crippen MR) is 107 cm³/mol. The molecule has 2 fully saturated rings. The van der Waals surface area contributed by atoms with Gasteiger partial charge in [-0.2, -0.15) is 0 Å². The van der Waals surface area contributed by atoms with Crippen molar-refractivity contribution >= 4 is 23.5 Å². The van der Waals surface area contributed by atoms with E-state index in [1.807, 2.05) is 38.1 Å². The maximum atomic E-state index is 12.5. The van der Waals surface area contributed by atoms with Crippen LogP contribution in [0.1, 0.15) is 44.6 Å². The quantitative estimate of drug-likeness (QED) is 0.697. The lowest BCUT2D eigenvalue weighted by Crippen LogP contribution is -2.41. The summed E-state index contributed by atoms with van der Waals surface area (Å²) in [5, 5.41) is 2.84. The fourth-order valence-electron chi connectivity index (χ4n) is 4.50. The van der Waals surface area contributed by atoms with Crippen molar-refractivity contribution < 1.29 is 19.1 Å². The Balaban J connectivity index is 1.49. The van der Waals surface area contributed by atoms with Crippen molar-refractivity contribution in [3.05, 3.63) is 29.8 Å². The van der Waals surface area contributed by atoms with Gasteiger partial charge in [0.25, 0.3) is 5.91 Å². The van der Waals surface area contributed by atoms with Crippen LogP contribution < -0.4 is 5.32 Å². The first kappa shape index (κ1) is 20.4. The van der Waals surface area contributed by atoms with Crippen LogP contribution in [0.25, 0.3) is 0 Å². The van der Waals surface area contributed by atoms with Crippen molar-refractivity contribution in [2.45, 2.75) is 46.0 Å². The highest BCUT2D eigenvalue weighted by Crippen LogP contribution is 2.48. The molecule has 1 N–H and O–H groups in total. The molecular weight excluding hydrogens is 356 g/mol. The number of aryl methyl sites for hydroxylation is 1. The van der Waals surface area contributed by atoms with E-state index in [1.54, 1.807) is 0 Å². The molecule has 0 aromatic heterocycles. The Bertz CT molecular complexity index is 733. The highest BCUT2D eigenvalue weighted by Gasteiger charge is 2.44. The van der Waals surface area contributed by atoms with Gasteiger partial charge >= 0.3 is 5.97 Å². The number of esters is 1. The van der Waals surface area contributed by atoms with E-state index < -0.39 is 0 Å². The number of hydrogen-bond acceptors (Lipinski definition) is 4. The average molecular weight is 386 g/mol. The molecule has 2 bridgehead atoms. The van der Waals surface area contributed by atoms with Gasteiger partial charge in [0, 0.05) is 12.2 Å². The molecule has 2 aliphatic carbocycles. The molecule has 0 spiro atoms. The van der Waals surface area contributed by atoms with Crippen molar-refractivity contribution in [1.29, 1.82) is 0 Å². The minimum Gasteiger partial charge on any atom is -0.455 e. The third-order valence-corrected chi connectivity index (χ3v) is 5.98. The van der Waals surface area contributed by atoms with E-state index in [9.17, 15) is 14.4 Å². The van der Waals surface area contributed by atoms with E-state index >= 15 is 0 Å². The van der Waals surface area contributed by atoms with Crippen LogP contribution in [0.2, 0.25) is 0 Å². The molecule has 3 unspecified atom stereocenters. The molecule has 2 aliphatic rings. The Labute approximate surface area is 166 Å². The standard InChI is InChI=1S/C22H30N2O4/c1-3-10-24(13-20(25)23-19-7-5-4-6-15(19)2)21(26)14-28-22(27)18-12-16-8-9-17(18)11-16/h4-7,16-18H,3,8-14H2,1-2H3,(H,23,25). The van der Waals surface area contributed by atoms with Crippen molar-refractivity contribution in [3.8, 4) is 0 Å². The predicted octanol–water partition coefficient (Wildman–Crippen LogP) is 3.15. The number of benzene rings is 1. The third-order valence-electron chi connectivity index (χ3n) is 5.98. The summed E-state index contributed by atoms with van der Waals surface area (Å²) in [7, 11) is 0. The second-order valence-corrected chi connectivity index (χ2v) is 8.07. The van der Waals surface area contributed by atoms with Crippen LogP contribution in [0.3, 0.4) is 0 Å². The van der Waals surface area contributed by atoms with Crippen LogP contribution in [-0.2, 0) is 19.1 Å². The van der Waals surface area contributed by atoms with Gasteiger partial charge in [0.1, 0.15) is 0 Å². The minimum absolute atomic E-state index is 0.0458. The van der Waals surface area contributed by atoms with Crippen molar-refractivity contribution in [3.63, 3.8) is 0 Å². The number of para-hydroxylation sites is 1. The van der Waals surface area contributed by atoms with Gasteiger partial charge in [-0.15, -0.1) is 0 Å². The highest BCUT2D eigenvalue weighted by molar-refractivity contribution is 5.95. The Morgan fingerprint density at radius 3 is 2.61 bits per heavy atom. The second-order valence-electron chi connectivity index (χ2n) is 8.07. The molecular formula is C22H30N2O4. The van der Waals surface area contributed by atoms with Crippen molar-refractivity contribution in [2.75, 3.05) is 25.0 Å². The second kappa shape index (κ2) is 9.22. The van der Waals surface area contributed by atoms with E-state index in [1.165, 1.54) is 11.3 Å². The number of nitrogens with zero attached hydrogens (tertiary/aromatic N) is 1. The molecule has 6 heteroatoms. The molecule has 3 rings (SSSR count). The number of rotatable bonds is 8. The summed E-state index contributed by atoms with van der Waals surface area (Å²) in [5.74, 6) is 0.213. The summed E-state index contributed by atoms with van der Waals surface area (Å²) >= 11 is 0. The number of hydrogen-bond donors (Lipinski definition) is 1. The summed E-state index contributed by atoms with van der Waals surface area (Å²) in [6.45, 7) is 3.98. The molecule has 0 radical (unpaired) electrons. The van der Waals surface area contributed by atoms with Crippen LogP contribution in [-0.4, -0.2) is 42.4 Å². The zero-order valence-corrected chi connectivity index (χ0v) is 16.8. The zero-order chi connectivity index (χ0) is 20.1. The molecule has 1 aromatic rings. The highest BCUT2D eigenvalue weighted by atomic mass is 16.5. The van der Waals surface area contributed by atoms with E-state index in [-0.39, 0.29) is 36.9 Å². The lowest BCUT2D eigenvalue weighted by Gasteiger charge is -2.23. The number of carbonyl (C=O) groups excluding carboxylic acids is 3. The fourth-order valence-corrected chi connectivity index (χ4v) is 4.50. The minimum atomic E-state index is -0.321. The molecule has 28 heavy (non-hydrogen) atoms. The lowest BCUT2D eigenvalue weighted by atomic mass is 9.89. The average Bonchev–Trinajstić information content (AvgIpc) is 3.31. The van der Waals surface area contributed by atoms with Gasteiger partial charge in [-0.3, -0.25) is 14.4 Å². The van der Waals surface area contributed by atoms with Gasteiger partial charge in [0.2, 0.25) is 5.91 Å². The van der Waals surface area contributed by atoms with Crippen LogP contribution in [0, 0.1) is 24.7 Å². The van der Waals surface area contributed by atoms with Gasteiger partial charge in [0.15, 0.2) is 6.61 Å². The molecule has 0 heterocycles. The zero-order valence-electron chi connectivity index (χ0n) is 16.8. The fraction of sp³-hybridized carbons (Fsp3) is 0.591. The molecule has 2 amide bonds. The first-order valence-corrected chi connectivity index (χ1v) is 10.3. The SMILES string of the molecule is CCCN(CC(=O)Nc1ccccc1C)C(=O)COC(=O)C1CC2CCC1C2. The monoisotopic (exact) mass is 386 g/mol. The molecule has 3 atom stereocenters. The molecule has 152 valence electrons. The number of anilines is 1. The normalized spacial score (nSPS) is 22.7. The van der Waals surface area contributed by atoms with E-state index in [4.69, 9.17) is 4.74 Å². The third kappa shape index (κ3) is 4.91. The van der Waals surface area contributed by atoms with Crippen LogP contribution in [0.4, 0.5) is 5.69 Å². The number of fused-ring (bicyclic) bond motifs is 2.